The van der Waals surface area contributed by atoms with E-state index in [2.05, 4.69) is 31.4 Å². The summed E-state index contributed by atoms with van der Waals surface area (Å²) in [5.41, 5.74) is 2.00. The standard InChI is InChI=1S/C20H30N2O4/c1-12(2)17(21-13(3)23)18(24)22-16(19(25)26)11-14-7-9-15(10-8-14)20(4,5)6/h7-10,12,16-17H,11H2,1-6H3,(H,21,23)(H,22,24)(H,25,26)/t16-,17-/m1/s1. The maximum Gasteiger partial charge on any atom is 0.326 e. The number of aliphatic carboxylic acids is 1. The van der Waals surface area contributed by atoms with Crippen LogP contribution in [0.15, 0.2) is 24.3 Å². The van der Waals surface area contributed by atoms with Crippen LogP contribution in [0.25, 0.3) is 0 Å². The molecule has 0 aliphatic carbocycles. The van der Waals surface area contributed by atoms with Crippen LogP contribution < -0.4 is 10.6 Å². The molecule has 0 fully saturated rings. The number of hydrogen-bond acceptors (Lipinski definition) is 3. The zero-order chi connectivity index (χ0) is 20.1. The van der Waals surface area contributed by atoms with Gasteiger partial charge in [-0.25, -0.2) is 4.79 Å². The molecule has 0 saturated heterocycles. The minimum atomic E-state index is -1.11. The highest BCUT2D eigenvalue weighted by molar-refractivity contribution is 5.90. The molecule has 0 bridgehead atoms. The summed E-state index contributed by atoms with van der Waals surface area (Å²) in [5, 5.41) is 14.6. The molecule has 0 radical (unpaired) electrons. The molecule has 0 aromatic heterocycles. The monoisotopic (exact) mass is 362 g/mol. The summed E-state index contributed by atoms with van der Waals surface area (Å²) < 4.78 is 0. The third-order valence-electron chi connectivity index (χ3n) is 4.18. The number of carbonyl (C=O) groups excluding carboxylic acids is 2. The van der Waals surface area contributed by atoms with Gasteiger partial charge < -0.3 is 15.7 Å². The predicted molar refractivity (Wildman–Crippen MR) is 101 cm³/mol. The summed E-state index contributed by atoms with van der Waals surface area (Å²) in [6, 6.07) is 5.90. The molecule has 1 rings (SSSR count). The number of hydrogen-bond donors (Lipinski definition) is 3. The van der Waals surface area contributed by atoms with Crippen LogP contribution in [0.2, 0.25) is 0 Å². The van der Waals surface area contributed by atoms with Crippen LogP contribution in [0.5, 0.6) is 0 Å². The van der Waals surface area contributed by atoms with Gasteiger partial charge in [-0.2, -0.15) is 0 Å². The molecule has 1 aromatic carbocycles. The third-order valence-corrected chi connectivity index (χ3v) is 4.18. The van der Waals surface area contributed by atoms with Crippen molar-refractivity contribution in [1.82, 2.24) is 10.6 Å². The molecule has 0 aliphatic heterocycles. The van der Waals surface area contributed by atoms with Crippen molar-refractivity contribution in [3.05, 3.63) is 35.4 Å². The van der Waals surface area contributed by atoms with E-state index < -0.39 is 24.0 Å². The Kier molecular flexibility index (Phi) is 7.36. The van der Waals surface area contributed by atoms with Gasteiger partial charge in [0.25, 0.3) is 0 Å². The van der Waals surface area contributed by atoms with E-state index in [9.17, 15) is 19.5 Å². The average molecular weight is 362 g/mol. The summed E-state index contributed by atoms with van der Waals surface area (Å²) in [4.78, 5) is 35.3. The fourth-order valence-electron chi connectivity index (χ4n) is 2.59. The largest absolute Gasteiger partial charge is 0.480 e. The number of amides is 2. The number of carboxylic acids is 1. The number of carbonyl (C=O) groups is 3. The van der Waals surface area contributed by atoms with E-state index in [1.807, 2.05) is 24.3 Å². The molecule has 6 heteroatoms. The molecule has 0 heterocycles. The highest BCUT2D eigenvalue weighted by Gasteiger charge is 2.28. The minimum Gasteiger partial charge on any atom is -0.480 e. The average Bonchev–Trinajstić information content (AvgIpc) is 2.50. The summed E-state index contributed by atoms with van der Waals surface area (Å²) in [6.45, 7) is 11.2. The molecule has 0 unspecified atom stereocenters. The molecule has 2 amide bonds. The number of benzene rings is 1. The molecule has 26 heavy (non-hydrogen) atoms. The van der Waals surface area contributed by atoms with Crippen LogP contribution in [0, 0.1) is 5.92 Å². The molecule has 3 N–H and O–H groups in total. The summed E-state index contributed by atoms with van der Waals surface area (Å²) >= 11 is 0. The minimum absolute atomic E-state index is 0.0157. The molecule has 0 aliphatic rings. The SMILES string of the molecule is CC(=O)N[C@@H](C(=O)N[C@H](Cc1ccc(C(C)(C)C)cc1)C(=O)O)C(C)C. The van der Waals surface area contributed by atoms with E-state index in [4.69, 9.17) is 0 Å². The first-order valence-electron chi connectivity index (χ1n) is 8.81. The normalized spacial score (nSPS) is 13.8. The lowest BCUT2D eigenvalue weighted by atomic mass is 9.86. The molecule has 144 valence electrons. The number of carboxylic acid groups (broad SMARTS) is 1. The van der Waals surface area contributed by atoms with Gasteiger partial charge in [-0.05, 0) is 22.5 Å². The van der Waals surface area contributed by atoms with Gasteiger partial charge >= 0.3 is 5.97 Å². The highest BCUT2D eigenvalue weighted by atomic mass is 16.4. The first kappa shape index (κ1) is 21.7. The van der Waals surface area contributed by atoms with Gasteiger partial charge in [-0.1, -0.05) is 58.9 Å². The molecular weight excluding hydrogens is 332 g/mol. The fourth-order valence-corrected chi connectivity index (χ4v) is 2.59. The Balaban J connectivity index is 2.87. The Hall–Kier alpha value is -2.37. The fraction of sp³-hybridized carbons (Fsp3) is 0.550. The Morgan fingerprint density at radius 1 is 1.04 bits per heavy atom. The Morgan fingerprint density at radius 3 is 1.96 bits per heavy atom. The Morgan fingerprint density at radius 2 is 1.58 bits per heavy atom. The molecule has 0 spiro atoms. The lowest BCUT2D eigenvalue weighted by Crippen LogP contribution is -2.53. The quantitative estimate of drug-likeness (QED) is 0.693. The smallest absolute Gasteiger partial charge is 0.326 e. The van der Waals surface area contributed by atoms with Crippen LogP contribution in [0.4, 0.5) is 0 Å². The van der Waals surface area contributed by atoms with Gasteiger partial charge in [-0.3, -0.25) is 9.59 Å². The van der Waals surface area contributed by atoms with Crippen LogP contribution in [-0.4, -0.2) is 35.0 Å². The Labute approximate surface area is 155 Å². The van der Waals surface area contributed by atoms with Crippen molar-refractivity contribution in [2.75, 3.05) is 0 Å². The summed E-state index contributed by atoms with van der Waals surface area (Å²) in [7, 11) is 0. The van der Waals surface area contributed by atoms with E-state index >= 15 is 0 Å². The van der Waals surface area contributed by atoms with Crippen molar-refractivity contribution in [3.8, 4) is 0 Å². The first-order valence-corrected chi connectivity index (χ1v) is 8.81. The summed E-state index contributed by atoms with van der Waals surface area (Å²) in [6.07, 6.45) is 0.177. The molecule has 6 nitrogen and oxygen atoms in total. The van der Waals surface area contributed by atoms with Crippen LogP contribution >= 0.6 is 0 Å². The van der Waals surface area contributed by atoms with Crippen LogP contribution in [0.3, 0.4) is 0 Å². The van der Waals surface area contributed by atoms with Gasteiger partial charge in [0.15, 0.2) is 0 Å². The Bertz CT molecular complexity index is 645. The van der Waals surface area contributed by atoms with Gasteiger partial charge in [0.05, 0.1) is 0 Å². The van der Waals surface area contributed by atoms with E-state index in [0.717, 1.165) is 11.1 Å². The molecule has 0 saturated carbocycles. The zero-order valence-electron chi connectivity index (χ0n) is 16.4. The van der Waals surface area contributed by atoms with E-state index in [0.29, 0.717) is 0 Å². The van der Waals surface area contributed by atoms with E-state index in [1.54, 1.807) is 13.8 Å². The van der Waals surface area contributed by atoms with Gasteiger partial charge in [0, 0.05) is 13.3 Å². The first-order chi connectivity index (χ1) is 11.9. The van der Waals surface area contributed by atoms with Crippen molar-refractivity contribution in [2.45, 2.75) is 65.5 Å². The molecular formula is C20H30N2O4. The van der Waals surface area contributed by atoms with E-state index in [1.165, 1.54) is 6.92 Å². The topological polar surface area (TPSA) is 95.5 Å². The van der Waals surface area contributed by atoms with Crippen molar-refractivity contribution in [1.29, 1.82) is 0 Å². The second kappa shape index (κ2) is 8.83. The van der Waals surface area contributed by atoms with Crippen molar-refractivity contribution in [3.63, 3.8) is 0 Å². The van der Waals surface area contributed by atoms with Gasteiger partial charge in [-0.15, -0.1) is 0 Å². The maximum atomic E-state index is 12.4. The van der Waals surface area contributed by atoms with Crippen LogP contribution in [0.1, 0.15) is 52.7 Å². The maximum absolute atomic E-state index is 12.4. The highest BCUT2D eigenvalue weighted by Crippen LogP contribution is 2.22. The predicted octanol–water partition coefficient (Wildman–Crippen LogP) is 2.26. The summed E-state index contributed by atoms with van der Waals surface area (Å²) in [5.74, 6) is -2.08. The second-order valence-corrected chi connectivity index (χ2v) is 7.97. The lowest BCUT2D eigenvalue weighted by Gasteiger charge is -2.24. The van der Waals surface area contributed by atoms with Crippen molar-refractivity contribution < 1.29 is 19.5 Å². The van der Waals surface area contributed by atoms with Gasteiger partial charge in [0.1, 0.15) is 12.1 Å². The van der Waals surface area contributed by atoms with Gasteiger partial charge in [0.2, 0.25) is 11.8 Å². The van der Waals surface area contributed by atoms with Crippen LogP contribution in [-0.2, 0) is 26.2 Å². The molecule has 1 aromatic rings. The lowest BCUT2D eigenvalue weighted by molar-refractivity contribution is -0.142. The molecule has 2 atom stereocenters. The van der Waals surface area contributed by atoms with E-state index in [-0.39, 0.29) is 23.7 Å². The number of nitrogens with one attached hydrogen (secondary N) is 2. The van der Waals surface area contributed by atoms with Crippen molar-refractivity contribution >= 4 is 17.8 Å². The number of rotatable bonds is 7. The van der Waals surface area contributed by atoms with Crippen molar-refractivity contribution in [2.24, 2.45) is 5.92 Å². The third kappa shape index (κ3) is 6.50. The second-order valence-electron chi connectivity index (χ2n) is 7.97. The zero-order valence-corrected chi connectivity index (χ0v) is 16.4.